The topological polar surface area (TPSA) is 107 Å². The summed E-state index contributed by atoms with van der Waals surface area (Å²) in [5, 5.41) is 11.8. The van der Waals surface area contributed by atoms with Crippen molar-refractivity contribution in [3.63, 3.8) is 0 Å². The van der Waals surface area contributed by atoms with E-state index < -0.39 is 6.17 Å². The highest BCUT2D eigenvalue weighted by Gasteiger charge is 2.47. The van der Waals surface area contributed by atoms with E-state index >= 15 is 0 Å². The Labute approximate surface area is 160 Å². The van der Waals surface area contributed by atoms with Gasteiger partial charge in [0.05, 0.1) is 42.4 Å². The van der Waals surface area contributed by atoms with Crippen molar-refractivity contribution in [3.05, 3.63) is 0 Å². The molecule has 6 N–H and O–H groups in total. The molecule has 6 unspecified atom stereocenters. The molecule has 3 aliphatic rings. The summed E-state index contributed by atoms with van der Waals surface area (Å²) < 4.78 is 6.03. The molecular formula is C16H32ClN7O2. The number of carbonyl (C=O) groups is 1. The fourth-order valence-corrected chi connectivity index (χ4v) is 4.06. The quantitative estimate of drug-likeness (QED) is 0.322. The number of nitrogens with zero attached hydrogens (tertiary/aromatic N) is 2. The molecule has 6 atom stereocenters. The Kier molecular flexibility index (Phi) is 7.09. The van der Waals surface area contributed by atoms with E-state index in [1.165, 1.54) is 0 Å². The van der Waals surface area contributed by atoms with E-state index in [-0.39, 0.29) is 35.5 Å². The van der Waals surface area contributed by atoms with Gasteiger partial charge in [-0.3, -0.25) is 10.1 Å². The highest BCUT2D eigenvalue weighted by atomic mass is 35.5. The minimum Gasteiger partial charge on any atom is -0.375 e. The lowest BCUT2D eigenvalue weighted by molar-refractivity contribution is -0.129. The summed E-state index contributed by atoms with van der Waals surface area (Å²) in [5.41, 5.74) is 9.35. The second-order valence-corrected chi connectivity index (χ2v) is 8.22. The first-order valence-electron chi connectivity index (χ1n) is 9.39. The molecule has 9 nitrogen and oxygen atoms in total. The Morgan fingerprint density at radius 3 is 3.00 bits per heavy atom. The molecule has 0 saturated carbocycles. The van der Waals surface area contributed by atoms with E-state index in [4.69, 9.17) is 22.1 Å². The summed E-state index contributed by atoms with van der Waals surface area (Å²) in [7, 11) is 4.04. The van der Waals surface area contributed by atoms with Crippen LogP contribution in [0.15, 0.2) is 0 Å². The number of piperidine rings is 1. The first-order valence-corrected chi connectivity index (χ1v) is 9.82. The molecule has 3 fully saturated rings. The van der Waals surface area contributed by atoms with Crippen LogP contribution in [-0.4, -0.2) is 99.1 Å². The molecule has 0 bridgehead atoms. The number of halogens is 1. The maximum Gasteiger partial charge on any atom is 0.229 e. The molecule has 150 valence electrons. The minimum absolute atomic E-state index is 0.00443. The number of nitrogens with two attached hydrogens (primary N) is 1. The summed E-state index contributed by atoms with van der Waals surface area (Å²) in [4.78, 5) is 15.1. The number of likely N-dealkylation sites (N-methyl/N-ethyl adjacent to an activating group) is 1. The molecule has 10 heteroatoms. The third kappa shape index (κ3) is 4.85. The molecule has 0 spiro atoms. The SMILES string of the molecule is CN(C)CCOC1CCNCC1NC(=O)C1C(N)NN2CC(Cl)CNC12. The Balaban J connectivity index is 1.56. The fourth-order valence-electron chi connectivity index (χ4n) is 3.82. The van der Waals surface area contributed by atoms with E-state index in [0.717, 1.165) is 19.5 Å². The largest absolute Gasteiger partial charge is 0.375 e. The molecule has 0 aromatic rings. The van der Waals surface area contributed by atoms with Gasteiger partial charge in [-0.15, -0.1) is 11.6 Å². The Morgan fingerprint density at radius 2 is 2.23 bits per heavy atom. The molecule has 3 saturated heterocycles. The molecule has 3 heterocycles. The maximum atomic E-state index is 13.0. The van der Waals surface area contributed by atoms with Crippen LogP contribution < -0.4 is 27.1 Å². The summed E-state index contributed by atoms with van der Waals surface area (Å²) in [6, 6.07) is -0.0518. The van der Waals surface area contributed by atoms with Crippen molar-refractivity contribution in [2.24, 2.45) is 11.7 Å². The number of nitrogens with one attached hydrogen (secondary N) is 4. The van der Waals surface area contributed by atoms with Gasteiger partial charge in [0, 0.05) is 26.2 Å². The zero-order chi connectivity index (χ0) is 18.7. The molecule has 0 aromatic carbocycles. The van der Waals surface area contributed by atoms with Gasteiger partial charge >= 0.3 is 0 Å². The number of ether oxygens (including phenoxy) is 1. The van der Waals surface area contributed by atoms with Gasteiger partial charge in [-0.1, -0.05) is 0 Å². The normalized spacial score (nSPS) is 38.3. The van der Waals surface area contributed by atoms with E-state index in [1.807, 2.05) is 19.1 Å². The molecule has 0 radical (unpaired) electrons. The van der Waals surface area contributed by atoms with Crippen LogP contribution in [0, 0.1) is 5.92 Å². The Hall–Kier alpha value is -0.520. The summed E-state index contributed by atoms with van der Waals surface area (Å²) in [6.07, 6.45) is 0.340. The van der Waals surface area contributed by atoms with Crippen molar-refractivity contribution >= 4 is 17.5 Å². The second-order valence-electron chi connectivity index (χ2n) is 7.60. The fraction of sp³-hybridized carbons (Fsp3) is 0.938. The standard InChI is InChI=1S/C16H32ClN7O2/c1-23(2)5-6-26-12-3-4-19-8-11(12)21-16(25)13-14(18)22-24-9-10(17)7-20-15(13)24/h10-15,19-20,22H,3-9,18H2,1-2H3,(H,21,25). The number of hydrogen-bond donors (Lipinski definition) is 5. The molecule has 3 aliphatic heterocycles. The average molecular weight is 390 g/mol. The lowest BCUT2D eigenvalue weighted by atomic mass is 9.99. The monoisotopic (exact) mass is 389 g/mol. The van der Waals surface area contributed by atoms with Gasteiger partial charge in [0.15, 0.2) is 0 Å². The Morgan fingerprint density at radius 1 is 1.42 bits per heavy atom. The van der Waals surface area contributed by atoms with Crippen LogP contribution in [0.2, 0.25) is 0 Å². The van der Waals surface area contributed by atoms with Gasteiger partial charge < -0.3 is 26.0 Å². The van der Waals surface area contributed by atoms with Gasteiger partial charge in [0.1, 0.15) is 0 Å². The van der Waals surface area contributed by atoms with Crippen LogP contribution in [0.4, 0.5) is 0 Å². The predicted molar refractivity (Wildman–Crippen MR) is 100 cm³/mol. The summed E-state index contributed by atoms with van der Waals surface area (Å²) in [5.74, 6) is -0.420. The number of rotatable bonds is 6. The number of hydrogen-bond acceptors (Lipinski definition) is 8. The van der Waals surface area contributed by atoms with E-state index in [1.54, 1.807) is 0 Å². The van der Waals surface area contributed by atoms with Crippen molar-refractivity contribution in [1.29, 1.82) is 0 Å². The third-order valence-corrected chi connectivity index (χ3v) is 5.53. The van der Waals surface area contributed by atoms with Gasteiger partial charge in [-0.05, 0) is 27.1 Å². The molecule has 3 rings (SSSR count). The van der Waals surface area contributed by atoms with Crippen molar-refractivity contribution in [3.8, 4) is 0 Å². The molecule has 0 aromatic heterocycles. The van der Waals surface area contributed by atoms with Crippen molar-refractivity contribution < 1.29 is 9.53 Å². The van der Waals surface area contributed by atoms with Crippen LogP contribution in [0.3, 0.4) is 0 Å². The van der Waals surface area contributed by atoms with E-state index in [9.17, 15) is 4.79 Å². The number of hydrazine groups is 1. The lowest BCUT2D eigenvalue weighted by Crippen LogP contribution is -2.61. The molecular weight excluding hydrogens is 358 g/mol. The first kappa shape index (κ1) is 20.2. The molecule has 0 aliphatic carbocycles. The number of fused-ring (bicyclic) bond motifs is 1. The molecule has 1 amide bonds. The van der Waals surface area contributed by atoms with Crippen LogP contribution in [0.1, 0.15) is 6.42 Å². The lowest BCUT2D eigenvalue weighted by Gasteiger charge is -2.36. The predicted octanol–water partition coefficient (Wildman–Crippen LogP) is -2.33. The number of amides is 1. The number of carbonyl (C=O) groups excluding carboxylic acids is 1. The van der Waals surface area contributed by atoms with Crippen molar-refractivity contribution in [2.45, 2.75) is 36.3 Å². The van der Waals surface area contributed by atoms with Gasteiger partial charge in [-0.2, -0.15) is 0 Å². The maximum absolute atomic E-state index is 13.0. The van der Waals surface area contributed by atoms with Crippen molar-refractivity contribution in [1.82, 2.24) is 31.3 Å². The first-order chi connectivity index (χ1) is 12.5. The van der Waals surface area contributed by atoms with Gasteiger partial charge in [0.2, 0.25) is 5.91 Å². The number of alkyl halides is 1. The van der Waals surface area contributed by atoms with Gasteiger partial charge in [-0.25, -0.2) is 10.4 Å². The van der Waals surface area contributed by atoms with E-state index in [2.05, 4.69) is 26.3 Å². The zero-order valence-electron chi connectivity index (χ0n) is 15.6. The summed E-state index contributed by atoms with van der Waals surface area (Å²) >= 11 is 6.19. The van der Waals surface area contributed by atoms with Crippen molar-refractivity contribution in [2.75, 3.05) is 53.4 Å². The van der Waals surface area contributed by atoms with Gasteiger partial charge in [0.25, 0.3) is 0 Å². The Bertz CT molecular complexity index is 484. The van der Waals surface area contributed by atoms with Crippen LogP contribution in [-0.2, 0) is 9.53 Å². The smallest absolute Gasteiger partial charge is 0.229 e. The van der Waals surface area contributed by atoms with Crippen LogP contribution in [0.5, 0.6) is 0 Å². The summed E-state index contributed by atoms with van der Waals surface area (Å²) in [6.45, 7) is 4.46. The highest BCUT2D eigenvalue weighted by molar-refractivity contribution is 6.21. The van der Waals surface area contributed by atoms with Crippen LogP contribution in [0.25, 0.3) is 0 Å². The second kappa shape index (κ2) is 9.11. The van der Waals surface area contributed by atoms with Crippen LogP contribution >= 0.6 is 11.6 Å². The molecule has 26 heavy (non-hydrogen) atoms. The highest BCUT2D eigenvalue weighted by Crippen LogP contribution is 2.23. The third-order valence-electron chi connectivity index (χ3n) is 5.24. The average Bonchev–Trinajstić information content (AvgIpc) is 2.91. The zero-order valence-corrected chi connectivity index (χ0v) is 16.3. The minimum atomic E-state index is -0.431. The van der Waals surface area contributed by atoms with E-state index in [0.29, 0.717) is 26.2 Å².